The molecule has 0 saturated heterocycles. The summed E-state index contributed by atoms with van der Waals surface area (Å²) in [6.45, 7) is 2.29. The summed E-state index contributed by atoms with van der Waals surface area (Å²) < 4.78 is 0. The first kappa shape index (κ1) is 10.3. The Hall–Kier alpha value is -1.25. The van der Waals surface area contributed by atoms with Crippen LogP contribution >= 0.6 is 0 Å². The molecule has 0 atom stereocenters. The molecule has 1 aliphatic carbocycles. The van der Waals surface area contributed by atoms with Crippen LogP contribution in [0, 0.1) is 5.92 Å². The summed E-state index contributed by atoms with van der Waals surface area (Å²) in [6, 6.07) is 1.65. The van der Waals surface area contributed by atoms with E-state index in [4.69, 9.17) is 0 Å². The minimum atomic E-state index is 0.459. The summed E-state index contributed by atoms with van der Waals surface area (Å²) >= 11 is 0. The molecule has 0 aliphatic heterocycles. The molecule has 80 valence electrons. The van der Waals surface area contributed by atoms with Crippen molar-refractivity contribution in [1.29, 1.82) is 0 Å². The topological polar surface area (TPSA) is 42.9 Å². The van der Waals surface area contributed by atoms with E-state index in [0.29, 0.717) is 11.6 Å². The van der Waals surface area contributed by atoms with E-state index in [2.05, 4.69) is 16.9 Å². The summed E-state index contributed by atoms with van der Waals surface area (Å²) in [6.07, 6.45) is 7.28. The maximum atomic E-state index is 10.6. The molecular weight excluding hydrogens is 188 g/mol. The highest BCUT2D eigenvalue weighted by molar-refractivity contribution is 5.71. The molecular formula is C12H16N2O. The third-order valence-electron chi connectivity index (χ3n) is 3.20. The van der Waals surface area contributed by atoms with Crippen LogP contribution in [0.4, 0.5) is 0 Å². The summed E-state index contributed by atoms with van der Waals surface area (Å²) in [7, 11) is 0. The van der Waals surface area contributed by atoms with Gasteiger partial charge in [0.15, 0.2) is 6.29 Å². The molecule has 0 N–H and O–H groups in total. The predicted octanol–water partition coefficient (Wildman–Crippen LogP) is 2.58. The van der Waals surface area contributed by atoms with Crippen molar-refractivity contribution in [2.75, 3.05) is 0 Å². The fraction of sp³-hybridized carbons (Fsp3) is 0.583. The van der Waals surface area contributed by atoms with Crippen LogP contribution in [-0.2, 0) is 0 Å². The Kier molecular flexibility index (Phi) is 3.09. The SMILES string of the molecule is CC1CCC(c2nccc(C=O)n2)CC1. The smallest absolute Gasteiger partial charge is 0.168 e. The van der Waals surface area contributed by atoms with Crippen LogP contribution in [0.25, 0.3) is 0 Å². The maximum absolute atomic E-state index is 10.6. The van der Waals surface area contributed by atoms with Gasteiger partial charge < -0.3 is 0 Å². The number of hydrogen-bond donors (Lipinski definition) is 0. The van der Waals surface area contributed by atoms with Crippen molar-refractivity contribution in [1.82, 2.24) is 9.97 Å². The van der Waals surface area contributed by atoms with Gasteiger partial charge in [0.1, 0.15) is 11.5 Å². The molecule has 1 aliphatic rings. The molecule has 1 aromatic heterocycles. The lowest BCUT2D eigenvalue weighted by atomic mass is 9.82. The molecule has 0 unspecified atom stereocenters. The molecule has 2 rings (SSSR count). The van der Waals surface area contributed by atoms with E-state index in [1.54, 1.807) is 12.3 Å². The van der Waals surface area contributed by atoms with Crippen molar-refractivity contribution >= 4 is 6.29 Å². The summed E-state index contributed by atoms with van der Waals surface area (Å²) in [5, 5.41) is 0. The Bertz CT molecular complexity index is 343. The number of aldehydes is 1. The summed E-state index contributed by atoms with van der Waals surface area (Å²) in [4.78, 5) is 19.1. The van der Waals surface area contributed by atoms with Crippen molar-refractivity contribution in [2.24, 2.45) is 5.92 Å². The molecule has 1 heterocycles. The normalized spacial score (nSPS) is 26.2. The zero-order valence-electron chi connectivity index (χ0n) is 9.02. The van der Waals surface area contributed by atoms with Gasteiger partial charge in [-0.1, -0.05) is 19.8 Å². The Balaban J connectivity index is 2.11. The number of aromatic nitrogens is 2. The van der Waals surface area contributed by atoms with Gasteiger partial charge in [0.25, 0.3) is 0 Å². The molecule has 0 radical (unpaired) electrons. The highest BCUT2D eigenvalue weighted by Crippen LogP contribution is 2.33. The second-order valence-corrected chi connectivity index (χ2v) is 4.41. The van der Waals surface area contributed by atoms with E-state index in [0.717, 1.165) is 30.9 Å². The minimum absolute atomic E-state index is 0.459. The van der Waals surface area contributed by atoms with Crippen molar-refractivity contribution in [2.45, 2.75) is 38.5 Å². The van der Waals surface area contributed by atoms with E-state index >= 15 is 0 Å². The molecule has 0 amide bonds. The summed E-state index contributed by atoms with van der Waals surface area (Å²) in [5.74, 6) is 2.14. The first-order valence-electron chi connectivity index (χ1n) is 5.57. The highest BCUT2D eigenvalue weighted by atomic mass is 16.1. The van der Waals surface area contributed by atoms with Crippen molar-refractivity contribution in [3.8, 4) is 0 Å². The third kappa shape index (κ3) is 2.41. The number of nitrogens with zero attached hydrogens (tertiary/aromatic N) is 2. The van der Waals surface area contributed by atoms with Crippen LogP contribution in [0.15, 0.2) is 12.3 Å². The lowest BCUT2D eigenvalue weighted by Crippen LogP contribution is -2.13. The summed E-state index contributed by atoms with van der Waals surface area (Å²) in [5.41, 5.74) is 0.499. The van der Waals surface area contributed by atoms with Gasteiger partial charge >= 0.3 is 0 Å². The quantitative estimate of drug-likeness (QED) is 0.695. The van der Waals surface area contributed by atoms with E-state index in [9.17, 15) is 4.79 Å². The third-order valence-corrected chi connectivity index (χ3v) is 3.20. The highest BCUT2D eigenvalue weighted by Gasteiger charge is 2.21. The van der Waals surface area contributed by atoms with Gasteiger partial charge in [0, 0.05) is 12.1 Å². The van der Waals surface area contributed by atoms with Crippen molar-refractivity contribution < 1.29 is 4.79 Å². The van der Waals surface area contributed by atoms with Gasteiger partial charge in [-0.2, -0.15) is 0 Å². The molecule has 1 saturated carbocycles. The largest absolute Gasteiger partial charge is 0.296 e. The predicted molar refractivity (Wildman–Crippen MR) is 57.8 cm³/mol. The number of rotatable bonds is 2. The fourth-order valence-corrected chi connectivity index (χ4v) is 2.17. The van der Waals surface area contributed by atoms with Gasteiger partial charge in [-0.05, 0) is 24.8 Å². The van der Waals surface area contributed by atoms with Crippen LogP contribution in [0.2, 0.25) is 0 Å². The monoisotopic (exact) mass is 204 g/mol. The van der Waals surface area contributed by atoms with Crippen LogP contribution in [-0.4, -0.2) is 16.3 Å². The Labute approximate surface area is 89.9 Å². The van der Waals surface area contributed by atoms with E-state index in [1.807, 2.05) is 0 Å². The Morgan fingerprint density at radius 2 is 2.07 bits per heavy atom. The molecule has 1 aromatic rings. The van der Waals surface area contributed by atoms with Gasteiger partial charge in [0.2, 0.25) is 0 Å². The second kappa shape index (κ2) is 4.51. The van der Waals surface area contributed by atoms with Gasteiger partial charge in [-0.3, -0.25) is 4.79 Å². The minimum Gasteiger partial charge on any atom is -0.296 e. The lowest BCUT2D eigenvalue weighted by molar-refractivity contribution is 0.111. The van der Waals surface area contributed by atoms with E-state index in [1.165, 1.54) is 12.8 Å². The molecule has 0 bridgehead atoms. The zero-order chi connectivity index (χ0) is 10.7. The molecule has 0 aromatic carbocycles. The van der Waals surface area contributed by atoms with Crippen molar-refractivity contribution in [3.63, 3.8) is 0 Å². The van der Waals surface area contributed by atoms with Crippen LogP contribution in [0.3, 0.4) is 0 Å². The first-order valence-corrected chi connectivity index (χ1v) is 5.57. The van der Waals surface area contributed by atoms with Gasteiger partial charge in [-0.25, -0.2) is 9.97 Å². The molecule has 3 nitrogen and oxygen atoms in total. The number of carbonyl (C=O) groups is 1. The molecule has 15 heavy (non-hydrogen) atoms. The molecule has 0 spiro atoms. The number of hydrogen-bond acceptors (Lipinski definition) is 3. The second-order valence-electron chi connectivity index (χ2n) is 4.41. The van der Waals surface area contributed by atoms with E-state index in [-0.39, 0.29) is 0 Å². The van der Waals surface area contributed by atoms with Crippen LogP contribution < -0.4 is 0 Å². The molecule has 3 heteroatoms. The van der Waals surface area contributed by atoms with E-state index < -0.39 is 0 Å². The standard InChI is InChI=1S/C12H16N2O/c1-9-2-4-10(5-3-9)12-13-7-6-11(8-15)14-12/h6-10H,2-5H2,1H3. The lowest BCUT2D eigenvalue weighted by Gasteiger charge is -2.24. The average molecular weight is 204 g/mol. The van der Waals surface area contributed by atoms with Gasteiger partial charge in [-0.15, -0.1) is 0 Å². The average Bonchev–Trinajstić information content (AvgIpc) is 2.30. The Morgan fingerprint density at radius 1 is 1.33 bits per heavy atom. The van der Waals surface area contributed by atoms with Crippen LogP contribution in [0.1, 0.15) is 54.8 Å². The maximum Gasteiger partial charge on any atom is 0.168 e. The number of carbonyl (C=O) groups excluding carboxylic acids is 1. The van der Waals surface area contributed by atoms with Gasteiger partial charge in [0.05, 0.1) is 0 Å². The molecule has 1 fully saturated rings. The Morgan fingerprint density at radius 3 is 2.73 bits per heavy atom. The van der Waals surface area contributed by atoms with Crippen LogP contribution in [0.5, 0.6) is 0 Å². The van der Waals surface area contributed by atoms with Crippen molar-refractivity contribution in [3.05, 3.63) is 23.8 Å². The fourth-order valence-electron chi connectivity index (χ4n) is 2.17. The zero-order valence-corrected chi connectivity index (χ0v) is 9.02. The first-order chi connectivity index (χ1) is 7.29.